The van der Waals surface area contributed by atoms with Gasteiger partial charge in [0.1, 0.15) is 11.5 Å². The third-order valence-electron chi connectivity index (χ3n) is 2.48. The fraction of sp³-hybridized carbons (Fsp3) is 0. The minimum Gasteiger partial charge on any atom is -0.465 e. The van der Waals surface area contributed by atoms with Crippen molar-refractivity contribution in [2.24, 2.45) is 0 Å². The normalized spacial score (nSPS) is 9.56. The molecule has 18 heavy (non-hydrogen) atoms. The zero-order valence-corrected chi connectivity index (χ0v) is 10.0. The Kier molecular flexibility index (Phi) is 3.82. The molecular weight excluding hydrogens is 224 g/mol. The second-order valence-corrected chi connectivity index (χ2v) is 3.56. The third kappa shape index (κ3) is 2.43. The lowest BCUT2D eigenvalue weighted by atomic mass is 10.0. The summed E-state index contributed by atoms with van der Waals surface area (Å²) in [6.45, 7) is 7.16. The zero-order valence-electron chi connectivity index (χ0n) is 10.0. The smallest absolute Gasteiger partial charge is 0.134 e. The van der Waals surface area contributed by atoms with Crippen LogP contribution < -0.4 is 9.47 Å². The number of para-hydroxylation sites is 2. The van der Waals surface area contributed by atoms with E-state index >= 15 is 0 Å². The van der Waals surface area contributed by atoms with E-state index in [0.29, 0.717) is 0 Å². The van der Waals surface area contributed by atoms with Crippen molar-refractivity contribution in [2.75, 3.05) is 0 Å². The predicted molar refractivity (Wildman–Crippen MR) is 73.5 cm³/mol. The van der Waals surface area contributed by atoms with Gasteiger partial charge in [-0.15, -0.1) is 0 Å². The van der Waals surface area contributed by atoms with Crippen LogP contribution in [0.1, 0.15) is 0 Å². The Balaban J connectivity index is 2.54. The Morgan fingerprint density at radius 1 is 0.667 bits per heavy atom. The van der Waals surface area contributed by atoms with Crippen LogP contribution in [0.5, 0.6) is 11.5 Å². The Morgan fingerprint density at radius 2 is 1.06 bits per heavy atom. The van der Waals surface area contributed by atoms with Gasteiger partial charge in [0.15, 0.2) is 0 Å². The second-order valence-electron chi connectivity index (χ2n) is 3.56. The highest BCUT2D eigenvalue weighted by Gasteiger charge is 2.09. The van der Waals surface area contributed by atoms with Gasteiger partial charge in [0, 0.05) is 11.1 Å². The van der Waals surface area contributed by atoms with Crippen LogP contribution in [-0.2, 0) is 0 Å². The number of rotatable bonds is 5. The maximum Gasteiger partial charge on any atom is 0.134 e. The lowest BCUT2D eigenvalue weighted by molar-refractivity contribution is 0.478. The van der Waals surface area contributed by atoms with E-state index in [1.165, 1.54) is 12.5 Å². The molecule has 2 aromatic carbocycles. The third-order valence-corrected chi connectivity index (χ3v) is 2.48. The summed E-state index contributed by atoms with van der Waals surface area (Å²) in [5, 5.41) is 0. The largest absolute Gasteiger partial charge is 0.465 e. The summed E-state index contributed by atoms with van der Waals surface area (Å²) < 4.78 is 10.8. The Bertz CT molecular complexity index is 507. The molecule has 0 saturated carbocycles. The fourth-order valence-corrected chi connectivity index (χ4v) is 1.76. The molecule has 0 aromatic heterocycles. The molecule has 0 unspecified atom stereocenters. The van der Waals surface area contributed by atoms with Crippen molar-refractivity contribution in [3.8, 4) is 22.6 Å². The van der Waals surface area contributed by atoms with Gasteiger partial charge in [0.2, 0.25) is 0 Å². The Labute approximate surface area is 107 Å². The van der Waals surface area contributed by atoms with E-state index in [-0.39, 0.29) is 0 Å². The summed E-state index contributed by atoms with van der Waals surface area (Å²) in [4.78, 5) is 0. The minimum atomic E-state index is 0.743. The molecule has 2 rings (SSSR count). The molecule has 2 nitrogen and oxygen atoms in total. The number of hydrogen-bond donors (Lipinski definition) is 0. The zero-order chi connectivity index (χ0) is 12.8. The molecule has 2 aromatic rings. The standard InChI is InChI=1S/C16H14O2/c1-3-17-15-11-7-5-9-13(15)14-10-6-8-12-16(14)18-4-2/h3-12H,1-2H2. The van der Waals surface area contributed by atoms with Crippen LogP contribution in [0.4, 0.5) is 0 Å². The number of ether oxygens (including phenoxy) is 2. The van der Waals surface area contributed by atoms with Crippen LogP contribution in [0.25, 0.3) is 11.1 Å². The van der Waals surface area contributed by atoms with Gasteiger partial charge in [0.05, 0.1) is 12.5 Å². The van der Waals surface area contributed by atoms with Crippen molar-refractivity contribution < 1.29 is 9.47 Å². The van der Waals surface area contributed by atoms with Crippen LogP contribution >= 0.6 is 0 Å². The van der Waals surface area contributed by atoms with E-state index in [0.717, 1.165) is 22.6 Å². The number of benzene rings is 2. The van der Waals surface area contributed by atoms with Crippen molar-refractivity contribution in [3.05, 3.63) is 74.2 Å². The van der Waals surface area contributed by atoms with Crippen LogP contribution in [0.3, 0.4) is 0 Å². The molecule has 0 heterocycles. The predicted octanol–water partition coefficient (Wildman–Crippen LogP) is 4.40. The molecule has 90 valence electrons. The van der Waals surface area contributed by atoms with E-state index in [2.05, 4.69) is 13.2 Å². The van der Waals surface area contributed by atoms with E-state index in [1.54, 1.807) is 0 Å². The summed E-state index contributed by atoms with van der Waals surface area (Å²) in [5.74, 6) is 1.49. The second kappa shape index (κ2) is 5.73. The van der Waals surface area contributed by atoms with Gasteiger partial charge in [-0.3, -0.25) is 0 Å². The van der Waals surface area contributed by atoms with Gasteiger partial charge >= 0.3 is 0 Å². The first kappa shape index (κ1) is 12.0. The summed E-state index contributed by atoms with van der Waals surface area (Å²) in [6.07, 6.45) is 2.83. The van der Waals surface area contributed by atoms with Crippen molar-refractivity contribution >= 4 is 0 Å². The highest BCUT2D eigenvalue weighted by atomic mass is 16.5. The van der Waals surface area contributed by atoms with E-state index in [4.69, 9.17) is 9.47 Å². The maximum atomic E-state index is 5.41. The first-order chi connectivity index (χ1) is 8.86. The molecule has 0 N–H and O–H groups in total. The molecule has 0 saturated heterocycles. The first-order valence-corrected chi connectivity index (χ1v) is 5.60. The van der Waals surface area contributed by atoms with Gasteiger partial charge in [-0.2, -0.15) is 0 Å². The molecule has 0 radical (unpaired) electrons. The molecule has 0 aliphatic heterocycles. The Hall–Kier alpha value is -2.48. The summed E-state index contributed by atoms with van der Waals surface area (Å²) in [6, 6.07) is 15.5. The van der Waals surface area contributed by atoms with Crippen LogP contribution in [0.2, 0.25) is 0 Å². The SMILES string of the molecule is C=COc1ccccc1-c1ccccc1OC=C. The van der Waals surface area contributed by atoms with Gasteiger partial charge in [-0.1, -0.05) is 49.6 Å². The van der Waals surface area contributed by atoms with Crippen molar-refractivity contribution in [1.29, 1.82) is 0 Å². The van der Waals surface area contributed by atoms with E-state index in [9.17, 15) is 0 Å². The lowest BCUT2D eigenvalue weighted by Crippen LogP contribution is -1.89. The van der Waals surface area contributed by atoms with Gasteiger partial charge < -0.3 is 9.47 Å². The minimum absolute atomic E-state index is 0.743. The monoisotopic (exact) mass is 238 g/mol. The Morgan fingerprint density at radius 3 is 1.44 bits per heavy atom. The van der Waals surface area contributed by atoms with Crippen LogP contribution in [0.15, 0.2) is 74.2 Å². The quantitative estimate of drug-likeness (QED) is 0.719. The lowest BCUT2D eigenvalue weighted by Gasteiger charge is -2.11. The molecule has 2 heteroatoms. The van der Waals surface area contributed by atoms with Gasteiger partial charge in [-0.05, 0) is 12.1 Å². The molecule has 0 aliphatic carbocycles. The number of hydrogen-bond acceptors (Lipinski definition) is 2. The van der Waals surface area contributed by atoms with Gasteiger partial charge in [-0.25, -0.2) is 0 Å². The molecule has 0 amide bonds. The topological polar surface area (TPSA) is 18.5 Å². The molecular formula is C16H14O2. The highest BCUT2D eigenvalue weighted by molar-refractivity contribution is 5.75. The summed E-state index contributed by atoms with van der Waals surface area (Å²) >= 11 is 0. The molecule has 0 atom stereocenters. The maximum absolute atomic E-state index is 5.41. The average Bonchev–Trinajstić information content (AvgIpc) is 2.41. The van der Waals surface area contributed by atoms with E-state index in [1.807, 2.05) is 48.5 Å². The first-order valence-electron chi connectivity index (χ1n) is 5.60. The average molecular weight is 238 g/mol. The summed E-state index contributed by atoms with van der Waals surface area (Å²) in [7, 11) is 0. The van der Waals surface area contributed by atoms with Crippen molar-refractivity contribution in [3.63, 3.8) is 0 Å². The highest BCUT2D eigenvalue weighted by Crippen LogP contribution is 2.36. The molecule has 0 bridgehead atoms. The van der Waals surface area contributed by atoms with Crippen LogP contribution in [0, 0.1) is 0 Å². The van der Waals surface area contributed by atoms with Crippen molar-refractivity contribution in [2.45, 2.75) is 0 Å². The van der Waals surface area contributed by atoms with Gasteiger partial charge in [0.25, 0.3) is 0 Å². The molecule has 0 fully saturated rings. The summed E-state index contributed by atoms with van der Waals surface area (Å²) in [5.41, 5.74) is 1.91. The van der Waals surface area contributed by atoms with E-state index < -0.39 is 0 Å². The fourth-order valence-electron chi connectivity index (χ4n) is 1.76. The van der Waals surface area contributed by atoms with Crippen LogP contribution in [-0.4, -0.2) is 0 Å². The van der Waals surface area contributed by atoms with Crippen molar-refractivity contribution in [1.82, 2.24) is 0 Å². The molecule has 0 aliphatic rings. The molecule has 0 spiro atoms.